The Morgan fingerprint density at radius 2 is 1.69 bits per heavy atom. The molecule has 2 aliphatic heterocycles. The van der Waals surface area contributed by atoms with Gasteiger partial charge in [-0.25, -0.2) is 0 Å². The van der Waals surface area contributed by atoms with Gasteiger partial charge in [0, 0.05) is 25.9 Å². The highest BCUT2D eigenvalue weighted by molar-refractivity contribution is 5.97. The molecule has 0 spiro atoms. The van der Waals surface area contributed by atoms with Crippen LogP contribution in [0.25, 0.3) is 0 Å². The highest BCUT2D eigenvalue weighted by atomic mass is 16.5. The van der Waals surface area contributed by atoms with E-state index >= 15 is 0 Å². The van der Waals surface area contributed by atoms with E-state index < -0.39 is 0 Å². The van der Waals surface area contributed by atoms with Gasteiger partial charge in [-0.05, 0) is 55.1 Å². The highest BCUT2D eigenvalue weighted by Crippen LogP contribution is 2.31. The van der Waals surface area contributed by atoms with Crippen LogP contribution >= 0.6 is 0 Å². The van der Waals surface area contributed by atoms with E-state index in [1.54, 1.807) is 4.90 Å². The Labute approximate surface area is 190 Å². The number of fused-ring (bicyclic) bond motifs is 1. The number of hydrogen-bond donors (Lipinski definition) is 1. The Morgan fingerprint density at radius 1 is 0.969 bits per heavy atom. The molecule has 170 valence electrons. The van der Waals surface area contributed by atoms with Crippen molar-refractivity contribution in [3.8, 4) is 5.75 Å². The van der Waals surface area contributed by atoms with Gasteiger partial charge in [0.25, 0.3) is 0 Å². The van der Waals surface area contributed by atoms with Crippen molar-refractivity contribution < 1.29 is 14.3 Å². The Bertz CT molecular complexity index is 920. The van der Waals surface area contributed by atoms with Crippen LogP contribution in [-0.2, 0) is 22.7 Å². The fourth-order valence-corrected chi connectivity index (χ4v) is 4.31. The van der Waals surface area contributed by atoms with Crippen molar-refractivity contribution >= 4 is 17.5 Å². The molecule has 0 aromatic heterocycles. The first-order valence-electron chi connectivity index (χ1n) is 11.7. The number of carbonyl (C=O) groups is 2. The second-order valence-corrected chi connectivity index (χ2v) is 8.91. The minimum absolute atomic E-state index is 0.0487. The summed E-state index contributed by atoms with van der Waals surface area (Å²) < 4.78 is 5.60. The molecule has 0 saturated carbocycles. The standard InChI is InChI=1S/C26H33N3O3/c1-20-12-14-28(15-13-20)19-22-8-6-21(7-9-22)18-27-25(30)10-11-26(31)29-16-17-32-24-5-3-2-4-23(24)29/h2-9,20H,10-19H2,1H3,(H,27,30). The van der Waals surface area contributed by atoms with Gasteiger partial charge in [-0.1, -0.05) is 43.3 Å². The van der Waals surface area contributed by atoms with Gasteiger partial charge in [-0.3, -0.25) is 14.5 Å². The predicted octanol–water partition coefficient (Wildman–Crippen LogP) is 3.74. The lowest BCUT2D eigenvalue weighted by molar-refractivity contribution is -0.125. The lowest BCUT2D eigenvalue weighted by Gasteiger charge is -2.30. The summed E-state index contributed by atoms with van der Waals surface area (Å²) in [5, 5.41) is 2.94. The molecule has 0 unspecified atom stereocenters. The lowest BCUT2D eigenvalue weighted by Crippen LogP contribution is -2.38. The minimum Gasteiger partial charge on any atom is -0.490 e. The van der Waals surface area contributed by atoms with Gasteiger partial charge in [0.15, 0.2) is 0 Å². The van der Waals surface area contributed by atoms with Crippen molar-refractivity contribution in [2.24, 2.45) is 5.92 Å². The Morgan fingerprint density at radius 3 is 2.47 bits per heavy atom. The second kappa shape index (κ2) is 10.6. The van der Waals surface area contributed by atoms with E-state index in [0.29, 0.717) is 19.7 Å². The third-order valence-corrected chi connectivity index (χ3v) is 6.39. The molecule has 6 heteroatoms. The average molecular weight is 436 g/mol. The summed E-state index contributed by atoms with van der Waals surface area (Å²) in [5.41, 5.74) is 3.16. The highest BCUT2D eigenvalue weighted by Gasteiger charge is 2.23. The van der Waals surface area contributed by atoms with Crippen LogP contribution in [0.2, 0.25) is 0 Å². The Hall–Kier alpha value is -2.86. The quantitative estimate of drug-likeness (QED) is 0.720. The molecule has 32 heavy (non-hydrogen) atoms. The van der Waals surface area contributed by atoms with Crippen molar-refractivity contribution in [2.45, 2.75) is 45.7 Å². The van der Waals surface area contributed by atoms with Gasteiger partial charge < -0.3 is 15.0 Å². The number of piperidine rings is 1. The second-order valence-electron chi connectivity index (χ2n) is 8.91. The number of likely N-dealkylation sites (tertiary alicyclic amines) is 1. The number of carbonyl (C=O) groups excluding carboxylic acids is 2. The number of nitrogens with one attached hydrogen (secondary N) is 1. The van der Waals surface area contributed by atoms with Crippen molar-refractivity contribution in [1.29, 1.82) is 0 Å². The molecule has 1 fully saturated rings. The normalized spacial score (nSPS) is 16.8. The molecule has 2 aliphatic rings. The first-order chi connectivity index (χ1) is 15.6. The van der Waals surface area contributed by atoms with Crippen LogP contribution in [0, 0.1) is 5.92 Å². The zero-order valence-electron chi connectivity index (χ0n) is 18.9. The molecule has 2 heterocycles. The average Bonchev–Trinajstić information content (AvgIpc) is 2.83. The van der Waals surface area contributed by atoms with E-state index in [9.17, 15) is 9.59 Å². The van der Waals surface area contributed by atoms with Crippen LogP contribution in [0.4, 0.5) is 5.69 Å². The molecular weight excluding hydrogens is 402 g/mol. The fourth-order valence-electron chi connectivity index (χ4n) is 4.31. The lowest BCUT2D eigenvalue weighted by atomic mass is 9.99. The number of para-hydroxylation sites is 2. The third kappa shape index (κ3) is 5.88. The first kappa shape index (κ1) is 22.3. The molecule has 0 aliphatic carbocycles. The van der Waals surface area contributed by atoms with E-state index in [1.165, 1.54) is 31.5 Å². The summed E-state index contributed by atoms with van der Waals surface area (Å²) in [7, 11) is 0. The monoisotopic (exact) mass is 435 g/mol. The van der Waals surface area contributed by atoms with E-state index in [1.807, 2.05) is 24.3 Å². The van der Waals surface area contributed by atoms with Crippen LogP contribution < -0.4 is 15.0 Å². The molecule has 0 radical (unpaired) electrons. The van der Waals surface area contributed by atoms with Crippen molar-refractivity contribution in [3.63, 3.8) is 0 Å². The summed E-state index contributed by atoms with van der Waals surface area (Å²) in [6, 6.07) is 16.0. The Balaban J connectivity index is 1.19. The zero-order valence-corrected chi connectivity index (χ0v) is 18.9. The third-order valence-electron chi connectivity index (χ3n) is 6.39. The fraction of sp³-hybridized carbons (Fsp3) is 0.462. The maximum atomic E-state index is 12.6. The summed E-state index contributed by atoms with van der Waals surface area (Å²) in [4.78, 5) is 29.2. The van der Waals surface area contributed by atoms with Gasteiger partial charge in [-0.2, -0.15) is 0 Å². The SMILES string of the molecule is CC1CCN(Cc2ccc(CNC(=O)CCC(=O)N3CCOc4ccccc43)cc2)CC1. The van der Waals surface area contributed by atoms with Gasteiger partial charge >= 0.3 is 0 Å². The number of amides is 2. The van der Waals surface area contributed by atoms with Gasteiger partial charge in [-0.15, -0.1) is 0 Å². The molecule has 2 amide bonds. The van der Waals surface area contributed by atoms with Crippen LogP contribution in [0.3, 0.4) is 0 Å². The van der Waals surface area contributed by atoms with Gasteiger partial charge in [0.2, 0.25) is 11.8 Å². The van der Waals surface area contributed by atoms with Crippen LogP contribution in [0.15, 0.2) is 48.5 Å². The van der Waals surface area contributed by atoms with Gasteiger partial charge in [0.05, 0.1) is 12.2 Å². The molecule has 2 aromatic carbocycles. The molecular formula is C26H33N3O3. The summed E-state index contributed by atoms with van der Waals surface area (Å²) in [6.45, 7) is 7.14. The van der Waals surface area contributed by atoms with Crippen molar-refractivity contribution in [2.75, 3.05) is 31.1 Å². The van der Waals surface area contributed by atoms with Crippen molar-refractivity contribution in [3.05, 3.63) is 59.7 Å². The summed E-state index contributed by atoms with van der Waals surface area (Å²) >= 11 is 0. The number of hydrogen-bond acceptors (Lipinski definition) is 4. The van der Waals surface area contributed by atoms with Crippen molar-refractivity contribution in [1.82, 2.24) is 10.2 Å². The van der Waals surface area contributed by atoms with Crippen LogP contribution in [0.1, 0.15) is 43.7 Å². The minimum atomic E-state index is -0.105. The summed E-state index contributed by atoms with van der Waals surface area (Å²) in [6.07, 6.45) is 2.94. The number of rotatable bonds is 7. The molecule has 1 saturated heterocycles. The number of ether oxygens (including phenoxy) is 1. The maximum Gasteiger partial charge on any atom is 0.227 e. The molecule has 2 aromatic rings. The molecule has 0 bridgehead atoms. The van der Waals surface area contributed by atoms with E-state index in [-0.39, 0.29) is 24.7 Å². The van der Waals surface area contributed by atoms with Crippen LogP contribution in [-0.4, -0.2) is 43.0 Å². The topological polar surface area (TPSA) is 61.9 Å². The largest absolute Gasteiger partial charge is 0.490 e. The predicted molar refractivity (Wildman–Crippen MR) is 125 cm³/mol. The molecule has 4 rings (SSSR count). The van der Waals surface area contributed by atoms with Crippen LogP contribution in [0.5, 0.6) is 5.75 Å². The molecule has 1 N–H and O–H groups in total. The maximum absolute atomic E-state index is 12.6. The first-order valence-corrected chi connectivity index (χ1v) is 11.7. The number of benzene rings is 2. The zero-order chi connectivity index (χ0) is 22.3. The van der Waals surface area contributed by atoms with E-state index in [2.05, 4.69) is 41.4 Å². The van der Waals surface area contributed by atoms with E-state index in [0.717, 1.165) is 29.5 Å². The molecule has 6 nitrogen and oxygen atoms in total. The molecule has 0 atom stereocenters. The van der Waals surface area contributed by atoms with Gasteiger partial charge in [0.1, 0.15) is 12.4 Å². The Kier molecular flexibility index (Phi) is 7.43. The smallest absolute Gasteiger partial charge is 0.227 e. The number of nitrogens with zero attached hydrogens (tertiary/aromatic N) is 2. The number of anilines is 1. The van der Waals surface area contributed by atoms with E-state index in [4.69, 9.17) is 4.74 Å². The summed E-state index contributed by atoms with van der Waals surface area (Å²) in [5.74, 6) is 1.41.